The average Bonchev–Trinajstić information content (AvgIpc) is 3.32. The summed E-state index contributed by atoms with van der Waals surface area (Å²) in [4.78, 5) is 24.8. The molecule has 0 bridgehead atoms. The molecule has 0 aromatic carbocycles. The lowest BCUT2D eigenvalue weighted by atomic mass is 10.2. The van der Waals surface area contributed by atoms with E-state index < -0.39 is 18.0 Å². The number of nitrogens with zero attached hydrogens (tertiary/aromatic N) is 4. The van der Waals surface area contributed by atoms with E-state index in [0.29, 0.717) is 12.2 Å². The van der Waals surface area contributed by atoms with E-state index in [4.69, 9.17) is 11.6 Å². The molecule has 11 heteroatoms. The summed E-state index contributed by atoms with van der Waals surface area (Å²) >= 11 is 6.06. The number of hydrogen-bond donors (Lipinski definition) is 2. The van der Waals surface area contributed by atoms with Crippen molar-refractivity contribution < 1.29 is 18.4 Å². The standard InChI is InChI=1S/C17H21ClF2N6O2/c1-3-6-21-17(28)15-10(7-22-25(15)2)23-11(27)8-26-14(9-4-5-9)12(18)13(24-26)16(19)20/h7,9,16H,3-6,8H2,1-2H3,(H,21,28)(H,23,27). The van der Waals surface area contributed by atoms with Crippen molar-refractivity contribution in [2.24, 2.45) is 7.05 Å². The van der Waals surface area contributed by atoms with E-state index in [1.54, 1.807) is 7.05 Å². The van der Waals surface area contributed by atoms with Crippen molar-refractivity contribution >= 4 is 29.1 Å². The quantitative estimate of drug-likeness (QED) is 0.694. The zero-order valence-electron chi connectivity index (χ0n) is 15.5. The van der Waals surface area contributed by atoms with Crippen LogP contribution in [0.2, 0.25) is 5.02 Å². The number of carbonyl (C=O) groups excluding carboxylic acids is 2. The number of anilines is 1. The molecule has 2 aromatic rings. The van der Waals surface area contributed by atoms with Crippen LogP contribution in [0.3, 0.4) is 0 Å². The highest BCUT2D eigenvalue weighted by molar-refractivity contribution is 6.32. The van der Waals surface area contributed by atoms with Gasteiger partial charge in [-0.15, -0.1) is 0 Å². The molecule has 2 aromatic heterocycles. The molecule has 0 radical (unpaired) electrons. The summed E-state index contributed by atoms with van der Waals surface area (Å²) < 4.78 is 28.8. The summed E-state index contributed by atoms with van der Waals surface area (Å²) in [6, 6.07) is 0. The summed E-state index contributed by atoms with van der Waals surface area (Å²) in [5.74, 6) is -0.841. The fraction of sp³-hybridized carbons (Fsp3) is 0.529. The molecule has 8 nitrogen and oxygen atoms in total. The van der Waals surface area contributed by atoms with E-state index in [2.05, 4.69) is 20.8 Å². The van der Waals surface area contributed by atoms with Crippen LogP contribution < -0.4 is 10.6 Å². The van der Waals surface area contributed by atoms with Crippen LogP contribution in [0.15, 0.2) is 6.20 Å². The Labute approximate surface area is 165 Å². The molecule has 28 heavy (non-hydrogen) atoms. The number of rotatable bonds is 8. The molecule has 0 atom stereocenters. The van der Waals surface area contributed by atoms with Gasteiger partial charge in [-0.25, -0.2) is 8.78 Å². The van der Waals surface area contributed by atoms with E-state index in [-0.39, 0.29) is 34.8 Å². The average molecular weight is 415 g/mol. The SMILES string of the molecule is CCCNC(=O)c1c(NC(=O)Cn2nc(C(F)F)c(Cl)c2C2CC2)cnn1C. The smallest absolute Gasteiger partial charge is 0.283 e. The van der Waals surface area contributed by atoms with Crippen LogP contribution in [0.4, 0.5) is 14.5 Å². The number of amides is 2. The van der Waals surface area contributed by atoms with Crippen LogP contribution in [0.5, 0.6) is 0 Å². The van der Waals surface area contributed by atoms with Gasteiger partial charge in [-0.05, 0) is 19.3 Å². The molecule has 152 valence electrons. The second-order valence-electron chi connectivity index (χ2n) is 6.65. The first-order chi connectivity index (χ1) is 13.3. The topological polar surface area (TPSA) is 93.8 Å². The normalized spacial score (nSPS) is 13.8. The number of nitrogens with one attached hydrogen (secondary N) is 2. The van der Waals surface area contributed by atoms with E-state index >= 15 is 0 Å². The number of halogens is 3. The molecule has 3 rings (SSSR count). The lowest BCUT2D eigenvalue weighted by Crippen LogP contribution is -2.28. The Kier molecular flexibility index (Phi) is 5.97. The summed E-state index contributed by atoms with van der Waals surface area (Å²) in [5, 5.41) is 13.1. The zero-order valence-corrected chi connectivity index (χ0v) is 16.3. The first-order valence-electron chi connectivity index (χ1n) is 8.97. The van der Waals surface area contributed by atoms with Gasteiger partial charge in [-0.3, -0.25) is 19.0 Å². The maximum Gasteiger partial charge on any atom is 0.283 e. The van der Waals surface area contributed by atoms with Crippen LogP contribution in [0, 0.1) is 0 Å². The Balaban J connectivity index is 1.77. The Bertz CT molecular complexity index is 891. The van der Waals surface area contributed by atoms with Crippen molar-refractivity contribution in [3.05, 3.63) is 28.3 Å². The third-order valence-corrected chi connectivity index (χ3v) is 4.77. The van der Waals surface area contributed by atoms with Crippen LogP contribution in [0.1, 0.15) is 60.4 Å². The number of aromatic nitrogens is 4. The highest BCUT2D eigenvalue weighted by atomic mass is 35.5. The molecule has 2 N–H and O–H groups in total. The molecule has 1 aliphatic rings. The van der Waals surface area contributed by atoms with Gasteiger partial charge in [0.25, 0.3) is 12.3 Å². The predicted octanol–water partition coefficient (Wildman–Crippen LogP) is 2.86. The molecule has 2 heterocycles. The number of aryl methyl sites for hydroxylation is 1. The summed E-state index contributed by atoms with van der Waals surface area (Å²) in [7, 11) is 1.59. The Morgan fingerprint density at radius 2 is 2.11 bits per heavy atom. The lowest BCUT2D eigenvalue weighted by molar-refractivity contribution is -0.117. The number of alkyl halides is 2. The van der Waals surface area contributed by atoms with Crippen LogP contribution in [0.25, 0.3) is 0 Å². The predicted molar refractivity (Wildman–Crippen MR) is 98.6 cm³/mol. The second kappa shape index (κ2) is 8.26. The van der Waals surface area contributed by atoms with Crippen molar-refractivity contribution in [3.63, 3.8) is 0 Å². The maximum atomic E-state index is 13.1. The van der Waals surface area contributed by atoms with Gasteiger partial charge in [0.1, 0.15) is 17.9 Å². The van der Waals surface area contributed by atoms with Gasteiger partial charge in [-0.2, -0.15) is 10.2 Å². The lowest BCUT2D eigenvalue weighted by Gasteiger charge is -2.10. The molecule has 1 saturated carbocycles. The van der Waals surface area contributed by atoms with Crippen molar-refractivity contribution in [1.29, 1.82) is 0 Å². The Morgan fingerprint density at radius 1 is 1.39 bits per heavy atom. The van der Waals surface area contributed by atoms with E-state index in [9.17, 15) is 18.4 Å². The van der Waals surface area contributed by atoms with Crippen LogP contribution >= 0.6 is 11.6 Å². The minimum atomic E-state index is -2.82. The largest absolute Gasteiger partial charge is 0.351 e. The molecule has 0 saturated heterocycles. The Hall–Kier alpha value is -2.49. The fourth-order valence-electron chi connectivity index (χ4n) is 2.93. The molecular weight excluding hydrogens is 394 g/mol. The van der Waals surface area contributed by atoms with E-state index in [1.165, 1.54) is 15.6 Å². The Morgan fingerprint density at radius 3 is 2.71 bits per heavy atom. The minimum Gasteiger partial charge on any atom is -0.351 e. The monoisotopic (exact) mass is 414 g/mol. The third kappa shape index (κ3) is 4.16. The van der Waals surface area contributed by atoms with Crippen molar-refractivity contribution in [2.45, 2.75) is 45.1 Å². The van der Waals surface area contributed by atoms with E-state index in [1.807, 2.05) is 6.92 Å². The zero-order chi connectivity index (χ0) is 20.4. The fourth-order valence-corrected chi connectivity index (χ4v) is 3.30. The van der Waals surface area contributed by atoms with Gasteiger partial charge in [0, 0.05) is 19.5 Å². The van der Waals surface area contributed by atoms with Gasteiger partial charge >= 0.3 is 0 Å². The van der Waals surface area contributed by atoms with Gasteiger partial charge < -0.3 is 10.6 Å². The van der Waals surface area contributed by atoms with E-state index in [0.717, 1.165) is 19.3 Å². The van der Waals surface area contributed by atoms with Crippen molar-refractivity contribution in [1.82, 2.24) is 24.9 Å². The highest BCUT2D eigenvalue weighted by Crippen LogP contribution is 2.45. The van der Waals surface area contributed by atoms with Gasteiger partial charge in [0.05, 0.1) is 22.6 Å². The first kappa shape index (κ1) is 20.2. The summed E-state index contributed by atoms with van der Waals surface area (Å²) in [6.07, 6.45) is 0.949. The van der Waals surface area contributed by atoms with Gasteiger partial charge in [0.2, 0.25) is 5.91 Å². The molecule has 0 spiro atoms. The summed E-state index contributed by atoms with van der Waals surface area (Å²) in [5.41, 5.74) is 0.383. The van der Waals surface area contributed by atoms with Crippen LogP contribution in [-0.4, -0.2) is 37.9 Å². The maximum absolute atomic E-state index is 13.1. The number of carbonyl (C=O) groups is 2. The van der Waals surface area contributed by atoms with Gasteiger partial charge in [-0.1, -0.05) is 18.5 Å². The second-order valence-corrected chi connectivity index (χ2v) is 7.03. The minimum absolute atomic E-state index is 0.0362. The molecular formula is C17H21ClF2N6O2. The van der Waals surface area contributed by atoms with Crippen molar-refractivity contribution in [3.8, 4) is 0 Å². The molecule has 1 aliphatic carbocycles. The molecule has 0 aliphatic heterocycles. The summed E-state index contributed by atoms with van der Waals surface area (Å²) in [6.45, 7) is 2.13. The van der Waals surface area contributed by atoms with Crippen LogP contribution in [-0.2, 0) is 18.4 Å². The molecule has 1 fully saturated rings. The molecule has 0 unspecified atom stereocenters. The third-order valence-electron chi connectivity index (χ3n) is 4.38. The van der Waals surface area contributed by atoms with Gasteiger partial charge in [0.15, 0.2) is 0 Å². The highest BCUT2D eigenvalue weighted by Gasteiger charge is 2.34. The first-order valence-corrected chi connectivity index (χ1v) is 9.35. The van der Waals surface area contributed by atoms with Crippen molar-refractivity contribution in [2.75, 3.05) is 11.9 Å². The molecule has 2 amide bonds. The number of hydrogen-bond acceptors (Lipinski definition) is 4.